The largest absolute Gasteiger partial charge is 0.324 e. The molecule has 0 spiro atoms. The van der Waals surface area contributed by atoms with Crippen LogP contribution in [0.25, 0.3) is 0 Å². The number of hydrogen-bond acceptors (Lipinski definition) is 5. The van der Waals surface area contributed by atoms with E-state index in [9.17, 15) is 14.9 Å². The van der Waals surface area contributed by atoms with Crippen LogP contribution in [0.4, 0.5) is 5.00 Å². The van der Waals surface area contributed by atoms with Gasteiger partial charge in [-0.2, -0.15) is 5.10 Å². The number of rotatable bonds is 4. The van der Waals surface area contributed by atoms with Crippen LogP contribution in [-0.2, 0) is 4.79 Å². The van der Waals surface area contributed by atoms with Crippen LogP contribution in [0.15, 0.2) is 17.2 Å². The Labute approximate surface area is 144 Å². The third-order valence-electron chi connectivity index (χ3n) is 5.97. The second-order valence-corrected chi connectivity index (χ2v) is 8.79. The predicted molar refractivity (Wildman–Crippen MR) is 91.9 cm³/mol. The number of amides is 1. The number of carbonyl (C=O) groups excluding carboxylic acids is 1. The summed E-state index contributed by atoms with van der Waals surface area (Å²) in [5.41, 5.74) is 3.16. The van der Waals surface area contributed by atoms with Crippen molar-refractivity contribution in [2.24, 2.45) is 28.3 Å². The van der Waals surface area contributed by atoms with Gasteiger partial charge in [0, 0.05) is 6.07 Å². The van der Waals surface area contributed by atoms with Crippen molar-refractivity contribution in [1.82, 2.24) is 5.43 Å². The van der Waals surface area contributed by atoms with Crippen LogP contribution >= 0.6 is 11.3 Å². The first-order valence-electron chi connectivity index (χ1n) is 8.54. The van der Waals surface area contributed by atoms with E-state index in [4.69, 9.17) is 0 Å². The maximum absolute atomic E-state index is 12.8. The first kappa shape index (κ1) is 15.7. The van der Waals surface area contributed by atoms with E-state index in [1.807, 2.05) is 0 Å². The number of nitrogens with one attached hydrogen (secondary N) is 1. The summed E-state index contributed by atoms with van der Waals surface area (Å²) in [6, 6.07) is 3.15. The third kappa shape index (κ3) is 2.64. The van der Waals surface area contributed by atoms with Crippen LogP contribution in [0.2, 0.25) is 0 Å². The molecule has 7 heteroatoms. The Morgan fingerprint density at radius 3 is 2.33 bits per heavy atom. The molecule has 128 valence electrons. The highest BCUT2D eigenvalue weighted by molar-refractivity contribution is 7.17. The number of nitrogens with zero attached hydrogens (tertiary/aromatic N) is 2. The van der Waals surface area contributed by atoms with Crippen molar-refractivity contribution in [3.8, 4) is 0 Å². The fraction of sp³-hybridized carbons (Fsp3) is 0.647. The Hall–Kier alpha value is -1.76. The molecule has 4 aliphatic carbocycles. The first-order valence-corrected chi connectivity index (χ1v) is 9.36. The van der Waals surface area contributed by atoms with Gasteiger partial charge in [0.1, 0.15) is 0 Å². The lowest BCUT2D eigenvalue weighted by Gasteiger charge is -2.55. The van der Waals surface area contributed by atoms with Crippen LogP contribution in [-0.4, -0.2) is 16.5 Å². The molecule has 1 aromatic heterocycles. The lowest BCUT2D eigenvalue weighted by Crippen LogP contribution is -2.52. The number of carbonyl (C=O) groups is 1. The van der Waals surface area contributed by atoms with E-state index < -0.39 is 4.92 Å². The van der Waals surface area contributed by atoms with Gasteiger partial charge in [0.15, 0.2) is 0 Å². The maximum Gasteiger partial charge on any atom is 0.324 e. The van der Waals surface area contributed by atoms with Crippen LogP contribution in [0.1, 0.15) is 50.3 Å². The molecule has 0 radical (unpaired) electrons. The topological polar surface area (TPSA) is 84.6 Å². The summed E-state index contributed by atoms with van der Waals surface area (Å²) in [4.78, 5) is 23.9. The fourth-order valence-corrected chi connectivity index (χ4v) is 6.08. The van der Waals surface area contributed by atoms with E-state index in [2.05, 4.69) is 10.5 Å². The zero-order valence-corrected chi connectivity index (χ0v) is 14.5. The van der Waals surface area contributed by atoms with Crippen molar-refractivity contribution in [2.75, 3.05) is 0 Å². The van der Waals surface area contributed by atoms with Gasteiger partial charge in [0.2, 0.25) is 5.91 Å². The van der Waals surface area contributed by atoms with E-state index >= 15 is 0 Å². The van der Waals surface area contributed by atoms with Gasteiger partial charge in [-0.1, -0.05) is 11.3 Å². The summed E-state index contributed by atoms with van der Waals surface area (Å²) >= 11 is 1.08. The molecule has 4 fully saturated rings. The van der Waals surface area contributed by atoms with Crippen LogP contribution in [0, 0.1) is 33.3 Å². The second kappa shape index (κ2) is 5.65. The number of nitro groups is 1. The molecule has 1 amide bonds. The highest BCUT2D eigenvalue weighted by Gasteiger charge is 2.54. The predicted octanol–water partition coefficient (Wildman–Crippen LogP) is 3.71. The number of hydrogen-bond donors (Lipinski definition) is 1. The van der Waals surface area contributed by atoms with Crippen LogP contribution in [0.3, 0.4) is 0 Å². The Morgan fingerprint density at radius 2 is 1.83 bits per heavy atom. The maximum atomic E-state index is 12.8. The molecule has 1 aromatic rings. The summed E-state index contributed by atoms with van der Waals surface area (Å²) in [7, 11) is 0. The molecule has 4 bridgehead atoms. The van der Waals surface area contributed by atoms with Crippen molar-refractivity contribution in [3.05, 3.63) is 27.1 Å². The monoisotopic (exact) mass is 347 g/mol. The molecule has 6 nitrogen and oxygen atoms in total. The summed E-state index contributed by atoms with van der Waals surface area (Å²) in [6.07, 6.45) is 6.91. The zero-order valence-electron chi connectivity index (χ0n) is 13.7. The summed E-state index contributed by atoms with van der Waals surface area (Å²) in [6.45, 7) is 1.77. The van der Waals surface area contributed by atoms with Gasteiger partial charge < -0.3 is 0 Å². The molecule has 4 aliphatic rings. The Kier molecular flexibility index (Phi) is 3.71. The second-order valence-electron chi connectivity index (χ2n) is 7.73. The van der Waals surface area contributed by atoms with Crippen molar-refractivity contribution in [2.45, 2.75) is 45.4 Å². The molecular formula is C17H21N3O3S. The summed E-state index contributed by atoms with van der Waals surface area (Å²) in [5, 5.41) is 15.1. The minimum Gasteiger partial charge on any atom is -0.273 e. The van der Waals surface area contributed by atoms with Gasteiger partial charge in [0.25, 0.3) is 0 Å². The lowest BCUT2D eigenvalue weighted by atomic mass is 9.49. The molecule has 5 rings (SSSR count). The van der Waals surface area contributed by atoms with Crippen molar-refractivity contribution >= 4 is 28.0 Å². The minimum absolute atomic E-state index is 0.0482. The molecule has 24 heavy (non-hydrogen) atoms. The van der Waals surface area contributed by atoms with E-state index in [0.29, 0.717) is 28.3 Å². The number of thiophene rings is 1. The zero-order chi connectivity index (χ0) is 16.9. The van der Waals surface area contributed by atoms with Crippen LogP contribution < -0.4 is 5.43 Å². The summed E-state index contributed by atoms with van der Waals surface area (Å²) < 4.78 is 0. The highest BCUT2D eigenvalue weighted by atomic mass is 32.1. The van der Waals surface area contributed by atoms with Gasteiger partial charge in [-0.3, -0.25) is 14.9 Å². The van der Waals surface area contributed by atoms with E-state index in [1.165, 1.54) is 25.3 Å². The van der Waals surface area contributed by atoms with E-state index in [1.54, 1.807) is 13.0 Å². The van der Waals surface area contributed by atoms with Gasteiger partial charge in [-0.15, -0.1) is 0 Å². The molecule has 0 aromatic carbocycles. The number of hydrazone groups is 1. The highest BCUT2D eigenvalue weighted by Crippen LogP contribution is 2.60. The van der Waals surface area contributed by atoms with Crippen molar-refractivity contribution < 1.29 is 9.72 Å². The third-order valence-corrected chi connectivity index (χ3v) is 7.12. The standard InChI is InChI=1S/C17H21N3O3S/c1-10(14-2-3-15(24-14)20(22)23)18-19-16(21)17-7-11-4-12(8-17)6-13(5-11)9-17/h2-3,11-13H,4-9H2,1H3,(H,19,21)/b18-10-. The smallest absolute Gasteiger partial charge is 0.273 e. The molecule has 0 atom stereocenters. The minimum atomic E-state index is -0.407. The Morgan fingerprint density at radius 1 is 1.25 bits per heavy atom. The quantitative estimate of drug-likeness (QED) is 0.512. The van der Waals surface area contributed by atoms with Gasteiger partial charge >= 0.3 is 5.00 Å². The van der Waals surface area contributed by atoms with E-state index in [0.717, 1.165) is 30.6 Å². The normalized spacial score (nSPS) is 34.4. The molecule has 0 unspecified atom stereocenters. The Balaban J connectivity index is 1.47. The SMILES string of the molecule is C/C(=N/NC(=O)C12CC3CC(CC(C3)C1)C2)c1ccc([N+](=O)[O-])s1. The Bertz CT molecular complexity index is 689. The van der Waals surface area contributed by atoms with Gasteiger partial charge in [-0.05, 0) is 69.3 Å². The average Bonchev–Trinajstić information content (AvgIpc) is 3.01. The van der Waals surface area contributed by atoms with Gasteiger partial charge in [-0.25, -0.2) is 5.43 Å². The van der Waals surface area contributed by atoms with Gasteiger partial charge in [0.05, 0.1) is 20.9 Å². The van der Waals surface area contributed by atoms with E-state index in [-0.39, 0.29) is 16.3 Å². The van der Waals surface area contributed by atoms with Crippen molar-refractivity contribution in [3.63, 3.8) is 0 Å². The fourth-order valence-electron chi connectivity index (χ4n) is 5.32. The average molecular weight is 347 g/mol. The summed E-state index contributed by atoms with van der Waals surface area (Å²) in [5.74, 6) is 2.19. The molecule has 1 N–H and O–H groups in total. The van der Waals surface area contributed by atoms with Crippen molar-refractivity contribution in [1.29, 1.82) is 0 Å². The first-order chi connectivity index (χ1) is 11.4. The lowest BCUT2D eigenvalue weighted by molar-refractivity contribution is -0.380. The molecule has 4 saturated carbocycles. The van der Waals surface area contributed by atoms with Crippen LogP contribution in [0.5, 0.6) is 0 Å². The molecular weight excluding hydrogens is 326 g/mol. The molecule has 0 aliphatic heterocycles. The molecule has 1 heterocycles. The molecule has 0 saturated heterocycles.